The van der Waals surface area contributed by atoms with Gasteiger partial charge in [0.15, 0.2) is 0 Å². The van der Waals surface area contributed by atoms with Gasteiger partial charge in [-0.1, -0.05) is 0 Å². The van der Waals surface area contributed by atoms with Gasteiger partial charge in [-0.2, -0.15) is 5.26 Å². The van der Waals surface area contributed by atoms with Crippen molar-refractivity contribution >= 4 is 16.7 Å². The number of aromatic amines is 1. The normalized spacial score (nSPS) is 15.6. The van der Waals surface area contributed by atoms with Gasteiger partial charge in [0.25, 0.3) is 0 Å². The topological polar surface area (TPSA) is 55.7 Å². The molecule has 0 saturated carbocycles. The summed E-state index contributed by atoms with van der Waals surface area (Å²) in [5.41, 5.74) is 3.56. The van der Waals surface area contributed by atoms with Crippen molar-refractivity contribution in [2.75, 3.05) is 18.0 Å². The molecule has 0 spiro atoms. The van der Waals surface area contributed by atoms with E-state index in [9.17, 15) is 0 Å². The highest BCUT2D eigenvalue weighted by molar-refractivity contribution is 5.92. The summed E-state index contributed by atoms with van der Waals surface area (Å²) in [5.74, 6) is 0. The first kappa shape index (κ1) is 9.22. The van der Waals surface area contributed by atoms with E-state index in [-0.39, 0.29) is 0 Å². The van der Waals surface area contributed by atoms with Gasteiger partial charge in [0.2, 0.25) is 0 Å². The van der Waals surface area contributed by atoms with Crippen molar-refractivity contribution in [3.05, 3.63) is 24.0 Å². The highest BCUT2D eigenvalue weighted by atomic mass is 15.2. The molecule has 80 valence electrons. The molecule has 0 radical (unpaired) electrons. The molecule has 0 aromatic carbocycles. The number of hydrogen-bond acceptors (Lipinski definition) is 3. The Kier molecular flexibility index (Phi) is 2.03. The predicted molar refractivity (Wildman–Crippen MR) is 62.3 cm³/mol. The SMILES string of the molecule is N#Cc1c[nH]c2c(N3CCCC3)ccnc12. The highest BCUT2D eigenvalue weighted by Crippen LogP contribution is 2.28. The van der Waals surface area contributed by atoms with Gasteiger partial charge in [-0.15, -0.1) is 0 Å². The number of pyridine rings is 1. The van der Waals surface area contributed by atoms with Crippen molar-refractivity contribution in [2.24, 2.45) is 0 Å². The van der Waals surface area contributed by atoms with Gasteiger partial charge >= 0.3 is 0 Å². The molecule has 1 saturated heterocycles. The van der Waals surface area contributed by atoms with E-state index in [2.05, 4.69) is 20.9 Å². The molecule has 1 N–H and O–H groups in total. The summed E-state index contributed by atoms with van der Waals surface area (Å²) in [6, 6.07) is 4.17. The maximum absolute atomic E-state index is 8.96. The molecule has 0 aliphatic carbocycles. The third kappa shape index (κ3) is 1.25. The van der Waals surface area contributed by atoms with Gasteiger partial charge in [0.1, 0.15) is 11.6 Å². The lowest BCUT2D eigenvalue weighted by molar-refractivity contribution is 0.949. The first-order valence-electron chi connectivity index (χ1n) is 5.51. The molecule has 0 amide bonds. The van der Waals surface area contributed by atoms with Crippen LogP contribution in [0.5, 0.6) is 0 Å². The minimum atomic E-state index is 0.621. The summed E-state index contributed by atoms with van der Waals surface area (Å²) < 4.78 is 0. The quantitative estimate of drug-likeness (QED) is 0.787. The zero-order valence-corrected chi connectivity index (χ0v) is 8.90. The third-order valence-corrected chi connectivity index (χ3v) is 3.11. The number of anilines is 1. The molecule has 4 nitrogen and oxygen atoms in total. The van der Waals surface area contributed by atoms with E-state index in [0.717, 1.165) is 24.1 Å². The fraction of sp³-hybridized carbons (Fsp3) is 0.333. The van der Waals surface area contributed by atoms with Gasteiger partial charge in [-0.05, 0) is 18.9 Å². The number of aromatic nitrogens is 2. The summed E-state index contributed by atoms with van der Waals surface area (Å²) >= 11 is 0. The molecule has 2 aromatic rings. The van der Waals surface area contributed by atoms with E-state index in [1.165, 1.54) is 18.5 Å². The maximum atomic E-state index is 8.96. The Morgan fingerprint density at radius 2 is 2.19 bits per heavy atom. The second-order valence-electron chi connectivity index (χ2n) is 4.06. The molecule has 1 aliphatic heterocycles. The van der Waals surface area contributed by atoms with Crippen molar-refractivity contribution in [1.82, 2.24) is 9.97 Å². The maximum Gasteiger partial charge on any atom is 0.108 e. The van der Waals surface area contributed by atoms with Crippen LogP contribution in [0.15, 0.2) is 18.5 Å². The van der Waals surface area contributed by atoms with Gasteiger partial charge in [0, 0.05) is 25.5 Å². The molecular formula is C12H12N4. The molecule has 0 unspecified atom stereocenters. The van der Waals surface area contributed by atoms with E-state index in [1.54, 1.807) is 12.4 Å². The summed E-state index contributed by atoms with van der Waals surface area (Å²) in [7, 11) is 0. The van der Waals surface area contributed by atoms with E-state index in [0.29, 0.717) is 5.56 Å². The molecule has 16 heavy (non-hydrogen) atoms. The Bertz CT molecular complexity index is 558. The molecule has 1 aliphatic rings. The van der Waals surface area contributed by atoms with E-state index >= 15 is 0 Å². The van der Waals surface area contributed by atoms with Crippen molar-refractivity contribution in [2.45, 2.75) is 12.8 Å². The number of nitrogens with one attached hydrogen (secondary N) is 1. The highest BCUT2D eigenvalue weighted by Gasteiger charge is 2.16. The van der Waals surface area contributed by atoms with Crippen LogP contribution in [0.3, 0.4) is 0 Å². The van der Waals surface area contributed by atoms with Crippen LogP contribution >= 0.6 is 0 Å². The van der Waals surface area contributed by atoms with Crippen LogP contribution in [0.25, 0.3) is 11.0 Å². The summed E-state index contributed by atoms with van der Waals surface area (Å²) in [6.07, 6.45) is 6.01. The summed E-state index contributed by atoms with van der Waals surface area (Å²) in [5, 5.41) is 8.96. The van der Waals surface area contributed by atoms with Crippen LogP contribution in [0.4, 0.5) is 5.69 Å². The van der Waals surface area contributed by atoms with E-state index in [1.807, 2.05) is 6.07 Å². The van der Waals surface area contributed by atoms with Crippen LogP contribution in [-0.4, -0.2) is 23.1 Å². The minimum absolute atomic E-state index is 0.621. The second kappa shape index (κ2) is 3.53. The number of H-pyrrole nitrogens is 1. The molecule has 3 rings (SSSR count). The number of nitriles is 1. The minimum Gasteiger partial charge on any atom is -0.370 e. The molecule has 4 heteroatoms. The number of hydrogen-bond donors (Lipinski definition) is 1. The van der Waals surface area contributed by atoms with Crippen molar-refractivity contribution in [3.8, 4) is 6.07 Å². The fourth-order valence-electron chi connectivity index (χ4n) is 2.32. The average Bonchev–Trinajstić information content (AvgIpc) is 2.97. The standard InChI is InChI=1S/C12H12N4/c13-7-9-8-15-12-10(3-4-14-11(9)12)16-5-1-2-6-16/h3-4,8,15H,1-2,5-6H2. The number of nitrogens with zero attached hydrogens (tertiary/aromatic N) is 3. The summed E-state index contributed by atoms with van der Waals surface area (Å²) in [4.78, 5) is 9.77. The molecular weight excluding hydrogens is 200 g/mol. The smallest absolute Gasteiger partial charge is 0.108 e. The van der Waals surface area contributed by atoms with Gasteiger partial charge < -0.3 is 9.88 Å². The zero-order valence-electron chi connectivity index (χ0n) is 8.90. The van der Waals surface area contributed by atoms with E-state index < -0.39 is 0 Å². The molecule has 1 fully saturated rings. The van der Waals surface area contributed by atoms with Gasteiger partial charge in [0.05, 0.1) is 16.8 Å². The second-order valence-corrected chi connectivity index (χ2v) is 4.06. The third-order valence-electron chi connectivity index (χ3n) is 3.11. The Hall–Kier alpha value is -2.02. The van der Waals surface area contributed by atoms with E-state index in [4.69, 9.17) is 5.26 Å². The van der Waals surface area contributed by atoms with Crippen LogP contribution in [0.1, 0.15) is 18.4 Å². The molecule has 3 heterocycles. The lowest BCUT2D eigenvalue weighted by atomic mass is 10.2. The van der Waals surface area contributed by atoms with Crippen molar-refractivity contribution in [1.29, 1.82) is 5.26 Å². The fourth-order valence-corrected chi connectivity index (χ4v) is 2.32. The van der Waals surface area contributed by atoms with Crippen LogP contribution in [-0.2, 0) is 0 Å². The Labute approximate surface area is 93.5 Å². The molecule has 0 atom stereocenters. The van der Waals surface area contributed by atoms with Gasteiger partial charge in [-0.25, -0.2) is 0 Å². The monoisotopic (exact) mass is 212 g/mol. The molecule has 2 aromatic heterocycles. The lowest BCUT2D eigenvalue weighted by Crippen LogP contribution is -2.17. The number of fused-ring (bicyclic) bond motifs is 1. The van der Waals surface area contributed by atoms with Crippen LogP contribution < -0.4 is 4.90 Å². The van der Waals surface area contributed by atoms with Crippen LogP contribution in [0, 0.1) is 11.3 Å². The largest absolute Gasteiger partial charge is 0.370 e. The lowest BCUT2D eigenvalue weighted by Gasteiger charge is -2.17. The first-order chi connectivity index (χ1) is 7.90. The Morgan fingerprint density at radius 3 is 2.94 bits per heavy atom. The Balaban J connectivity index is 2.18. The number of rotatable bonds is 1. The van der Waals surface area contributed by atoms with Gasteiger partial charge in [-0.3, -0.25) is 4.98 Å². The average molecular weight is 212 g/mol. The molecule has 0 bridgehead atoms. The Morgan fingerprint density at radius 1 is 1.38 bits per heavy atom. The van der Waals surface area contributed by atoms with Crippen molar-refractivity contribution < 1.29 is 0 Å². The summed E-state index contributed by atoms with van der Waals surface area (Å²) in [6.45, 7) is 2.19. The predicted octanol–water partition coefficient (Wildman–Crippen LogP) is 2.03. The zero-order chi connectivity index (χ0) is 11.0. The van der Waals surface area contributed by atoms with Crippen LogP contribution in [0.2, 0.25) is 0 Å². The first-order valence-corrected chi connectivity index (χ1v) is 5.51. The van der Waals surface area contributed by atoms with Crippen molar-refractivity contribution in [3.63, 3.8) is 0 Å².